The molecule has 0 fully saturated rings. The number of H-pyrrole nitrogens is 1. The summed E-state index contributed by atoms with van der Waals surface area (Å²) in [6.07, 6.45) is -4.38. The Bertz CT molecular complexity index is 470. The van der Waals surface area contributed by atoms with Gasteiger partial charge in [-0.2, -0.15) is 13.2 Å². The van der Waals surface area contributed by atoms with Crippen LogP contribution in [-0.2, 0) is 24.4 Å². The molecule has 94 valence electrons. The minimum absolute atomic E-state index is 0.113. The number of rotatable bonds is 3. The van der Waals surface area contributed by atoms with Crippen LogP contribution in [-0.4, -0.2) is 22.8 Å². The highest BCUT2D eigenvalue weighted by atomic mass is 19.4. The molecule has 1 aromatic rings. The summed E-state index contributed by atoms with van der Waals surface area (Å²) in [5.41, 5.74) is 0.773. The van der Waals surface area contributed by atoms with E-state index in [1.165, 1.54) is 0 Å². The van der Waals surface area contributed by atoms with Gasteiger partial charge in [-0.15, -0.1) is 0 Å². The van der Waals surface area contributed by atoms with E-state index in [2.05, 4.69) is 20.0 Å². The molecule has 0 spiro atoms. The molecule has 8 heteroatoms. The van der Waals surface area contributed by atoms with Gasteiger partial charge in [-0.05, 0) is 0 Å². The van der Waals surface area contributed by atoms with E-state index >= 15 is 0 Å². The first-order valence-electron chi connectivity index (χ1n) is 4.92. The Morgan fingerprint density at radius 3 is 2.82 bits per heavy atom. The quantitative estimate of drug-likeness (QED) is 0.816. The van der Waals surface area contributed by atoms with Crippen LogP contribution < -0.4 is 10.9 Å². The monoisotopic (exact) mass is 249 g/mol. The van der Waals surface area contributed by atoms with Crippen molar-refractivity contribution in [1.29, 1.82) is 0 Å². The molecule has 0 bridgehead atoms. The lowest BCUT2D eigenvalue weighted by atomic mass is 10.3. The first kappa shape index (κ1) is 12.1. The molecule has 2 N–H and O–H groups in total. The SMILES string of the molecule is O=c1[nH]c(COCC(F)(F)F)nc2c1CNC2. The summed E-state index contributed by atoms with van der Waals surface area (Å²) in [7, 11) is 0. The molecule has 17 heavy (non-hydrogen) atoms. The first-order valence-corrected chi connectivity index (χ1v) is 4.92. The molecule has 0 radical (unpaired) electrons. The number of halogens is 3. The molecule has 0 saturated carbocycles. The molecule has 1 aliphatic rings. The van der Waals surface area contributed by atoms with Gasteiger partial charge in [0.05, 0.1) is 11.3 Å². The van der Waals surface area contributed by atoms with Crippen LogP contribution in [0.3, 0.4) is 0 Å². The molecule has 0 unspecified atom stereocenters. The summed E-state index contributed by atoms with van der Waals surface area (Å²) < 4.78 is 39.9. The van der Waals surface area contributed by atoms with E-state index in [1.54, 1.807) is 0 Å². The number of nitrogens with one attached hydrogen (secondary N) is 2. The lowest BCUT2D eigenvalue weighted by molar-refractivity contribution is -0.177. The van der Waals surface area contributed by atoms with Gasteiger partial charge >= 0.3 is 6.18 Å². The summed E-state index contributed by atoms with van der Waals surface area (Å²) >= 11 is 0. The van der Waals surface area contributed by atoms with Crippen molar-refractivity contribution in [2.24, 2.45) is 0 Å². The van der Waals surface area contributed by atoms with Crippen LogP contribution in [0, 0.1) is 0 Å². The summed E-state index contributed by atoms with van der Waals surface area (Å²) in [4.78, 5) is 17.9. The fourth-order valence-electron chi connectivity index (χ4n) is 1.56. The molecule has 0 amide bonds. The van der Waals surface area contributed by atoms with E-state index in [9.17, 15) is 18.0 Å². The number of hydrogen-bond donors (Lipinski definition) is 2. The molecule has 1 aromatic heterocycles. The second kappa shape index (κ2) is 4.46. The van der Waals surface area contributed by atoms with Gasteiger partial charge in [-0.3, -0.25) is 4.79 Å². The average molecular weight is 249 g/mol. The molecule has 0 aromatic carbocycles. The van der Waals surface area contributed by atoms with Crippen LogP contribution in [0.2, 0.25) is 0 Å². The summed E-state index contributed by atoms with van der Waals surface area (Å²) in [5.74, 6) is 0.113. The third-order valence-electron chi connectivity index (χ3n) is 2.25. The Balaban J connectivity index is 2.03. The Morgan fingerprint density at radius 1 is 1.35 bits per heavy atom. The number of aromatic nitrogens is 2. The highest BCUT2D eigenvalue weighted by molar-refractivity contribution is 5.21. The number of ether oxygens (including phenoxy) is 1. The zero-order chi connectivity index (χ0) is 12.5. The Labute approximate surface area is 94.0 Å². The van der Waals surface area contributed by atoms with Crippen molar-refractivity contribution in [3.05, 3.63) is 27.4 Å². The van der Waals surface area contributed by atoms with E-state index in [1.807, 2.05) is 0 Å². The molecule has 0 saturated heterocycles. The van der Waals surface area contributed by atoms with Gasteiger partial charge in [0.15, 0.2) is 0 Å². The third-order valence-corrected chi connectivity index (χ3v) is 2.25. The average Bonchev–Trinajstić information content (AvgIpc) is 2.64. The van der Waals surface area contributed by atoms with Crippen molar-refractivity contribution in [2.45, 2.75) is 25.9 Å². The largest absolute Gasteiger partial charge is 0.411 e. The fraction of sp³-hybridized carbons (Fsp3) is 0.556. The molecule has 2 rings (SSSR count). The number of hydrogen-bond acceptors (Lipinski definition) is 4. The topological polar surface area (TPSA) is 67.0 Å². The minimum Gasteiger partial charge on any atom is -0.364 e. The second-order valence-electron chi connectivity index (χ2n) is 3.65. The lowest BCUT2D eigenvalue weighted by Gasteiger charge is -2.07. The minimum atomic E-state index is -4.38. The van der Waals surface area contributed by atoms with Crippen LogP contribution in [0.15, 0.2) is 4.79 Å². The van der Waals surface area contributed by atoms with Gasteiger partial charge in [0.2, 0.25) is 0 Å². The molecular weight excluding hydrogens is 239 g/mol. The zero-order valence-electron chi connectivity index (χ0n) is 8.73. The summed E-state index contributed by atoms with van der Waals surface area (Å²) in [5, 5.41) is 2.93. The van der Waals surface area contributed by atoms with E-state index in [-0.39, 0.29) is 18.0 Å². The van der Waals surface area contributed by atoms with Crippen LogP contribution in [0.4, 0.5) is 13.2 Å². The second-order valence-corrected chi connectivity index (χ2v) is 3.65. The van der Waals surface area contributed by atoms with Gasteiger partial charge in [0.25, 0.3) is 5.56 Å². The Hall–Kier alpha value is -1.41. The molecule has 5 nitrogen and oxygen atoms in total. The van der Waals surface area contributed by atoms with Gasteiger partial charge in [-0.1, -0.05) is 0 Å². The van der Waals surface area contributed by atoms with E-state index in [0.717, 1.165) is 0 Å². The Morgan fingerprint density at radius 2 is 2.12 bits per heavy atom. The standard InChI is InChI=1S/C9H10F3N3O2/c10-9(11,12)4-17-3-7-14-6-2-13-1-5(6)8(16)15-7/h13H,1-4H2,(H,14,15,16). The predicted molar refractivity (Wildman–Crippen MR) is 51.1 cm³/mol. The van der Waals surface area contributed by atoms with Crippen molar-refractivity contribution in [1.82, 2.24) is 15.3 Å². The van der Waals surface area contributed by atoms with E-state index in [4.69, 9.17) is 0 Å². The van der Waals surface area contributed by atoms with Crippen LogP contribution in [0.1, 0.15) is 17.1 Å². The van der Waals surface area contributed by atoms with Crippen molar-refractivity contribution in [2.75, 3.05) is 6.61 Å². The molecule has 0 atom stereocenters. The van der Waals surface area contributed by atoms with Crippen LogP contribution >= 0.6 is 0 Å². The van der Waals surface area contributed by atoms with Gasteiger partial charge < -0.3 is 15.0 Å². The summed E-state index contributed by atoms with van der Waals surface area (Å²) in [6, 6.07) is 0. The predicted octanol–water partition coefficient (Wildman–Crippen LogP) is 0.452. The maximum absolute atomic E-state index is 11.8. The maximum atomic E-state index is 11.8. The number of fused-ring (bicyclic) bond motifs is 1. The maximum Gasteiger partial charge on any atom is 0.411 e. The molecule has 0 aliphatic carbocycles. The molecule has 2 heterocycles. The Kier molecular flexibility index (Phi) is 3.16. The summed E-state index contributed by atoms with van der Waals surface area (Å²) in [6.45, 7) is -0.832. The van der Waals surface area contributed by atoms with Gasteiger partial charge in [-0.25, -0.2) is 4.98 Å². The van der Waals surface area contributed by atoms with Gasteiger partial charge in [0.1, 0.15) is 19.0 Å². The van der Waals surface area contributed by atoms with Crippen LogP contribution in [0.25, 0.3) is 0 Å². The highest BCUT2D eigenvalue weighted by Gasteiger charge is 2.27. The molecule has 1 aliphatic heterocycles. The number of alkyl halides is 3. The normalized spacial score (nSPS) is 15.0. The van der Waals surface area contributed by atoms with E-state index < -0.39 is 12.8 Å². The third kappa shape index (κ3) is 3.04. The number of aromatic amines is 1. The number of nitrogens with zero attached hydrogens (tertiary/aromatic N) is 1. The zero-order valence-corrected chi connectivity index (χ0v) is 8.73. The fourth-order valence-corrected chi connectivity index (χ4v) is 1.56. The van der Waals surface area contributed by atoms with Crippen molar-refractivity contribution in [3.8, 4) is 0 Å². The van der Waals surface area contributed by atoms with Gasteiger partial charge in [0, 0.05) is 13.1 Å². The van der Waals surface area contributed by atoms with E-state index in [0.29, 0.717) is 24.3 Å². The smallest absolute Gasteiger partial charge is 0.364 e. The first-order chi connectivity index (χ1) is 7.96. The van der Waals surface area contributed by atoms with Crippen molar-refractivity contribution in [3.63, 3.8) is 0 Å². The van der Waals surface area contributed by atoms with Crippen LogP contribution in [0.5, 0.6) is 0 Å². The lowest BCUT2D eigenvalue weighted by Crippen LogP contribution is -2.20. The highest BCUT2D eigenvalue weighted by Crippen LogP contribution is 2.15. The molecular formula is C9H10F3N3O2. The van der Waals surface area contributed by atoms with Crippen molar-refractivity contribution < 1.29 is 17.9 Å². The van der Waals surface area contributed by atoms with Crippen molar-refractivity contribution >= 4 is 0 Å².